The molecule has 25 heteroatoms. The highest BCUT2D eigenvalue weighted by atomic mass is 19.4. The van der Waals surface area contributed by atoms with E-state index >= 15 is 0 Å². The van der Waals surface area contributed by atoms with E-state index in [1.165, 1.54) is 0 Å². The van der Waals surface area contributed by atoms with E-state index in [0.717, 1.165) is 0 Å². The first-order chi connectivity index (χ1) is 29.8. The molecule has 0 heterocycles. The molecule has 0 aromatic rings. The SMILES string of the molecule is CCC(C)(C)C(=O)OCCOC(=O)C(C)(F)F.CCC(C)(C)C(=O)OCCOC(=O)C(C)(F)F.CCC(C)C(=O)OCCOC(=O)C(C)(F)F.CCC(C)C(=O)OCCOC(=O)C(F)(F)F. The molecule has 0 rings (SSSR count). The molecule has 0 spiro atoms. The van der Waals surface area contributed by atoms with E-state index in [0.29, 0.717) is 46.5 Å². The lowest BCUT2D eigenvalue weighted by Gasteiger charge is -2.20. The zero-order valence-electron chi connectivity index (χ0n) is 39.6. The first-order valence-electron chi connectivity index (χ1n) is 20.4. The molecular formula is C41H65F9O16. The van der Waals surface area contributed by atoms with Gasteiger partial charge in [-0.05, 0) is 53.4 Å². The minimum atomic E-state index is -5.01. The molecule has 0 fully saturated rings. The molecule has 0 aromatic heterocycles. The summed E-state index contributed by atoms with van der Waals surface area (Å²) in [5.74, 6) is -20.1. The molecule has 66 heavy (non-hydrogen) atoms. The number of ether oxygens (including phenoxy) is 8. The molecular weight excluding hydrogens is 919 g/mol. The molecule has 0 radical (unpaired) electrons. The highest BCUT2D eigenvalue weighted by Crippen LogP contribution is 2.23. The third-order valence-corrected chi connectivity index (χ3v) is 8.43. The normalized spacial score (nSPS) is 12.6. The maximum Gasteiger partial charge on any atom is 0.490 e. The molecule has 0 saturated heterocycles. The van der Waals surface area contributed by atoms with Gasteiger partial charge in [0.25, 0.3) is 0 Å². The van der Waals surface area contributed by atoms with Crippen molar-refractivity contribution in [2.75, 3.05) is 52.9 Å². The van der Waals surface area contributed by atoms with Gasteiger partial charge in [0.05, 0.1) is 22.7 Å². The van der Waals surface area contributed by atoms with Crippen LogP contribution in [0.5, 0.6) is 0 Å². The van der Waals surface area contributed by atoms with E-state index in [1.807, 2.05) is 20.8 Å². The summed E-state index contributed by atoms with van der Waals surface area (Å²) in [6, 6.07) is 0. The number of rotatable bonds is 23. The molecule has 0 aromatic carbocycles. The van der Waals surface area contributed by atoms with Crippen molar-refractivity contribution in [1.82, 2.24) is 0 Å². The maximum atomic E-state index is 12.4. The summed E-state index contributed by atoms with van der Waals surface area (Å²) in [6.07, 6.45) is -2.62. The van der Waals surface area contributed by atoms with Crippen molar-refractivity contribution in [3.05, 3.63) is 0 Å². The lowest BCUT2D eigenvalue weighted by molar-refractivity contribution is -0.201. The van der Waals surface area contributed by atoms with Crippen LogP contribution in [0.2, 0.25) is 0 Å². The summed E-state index contributed by atoms with van der Waals surface area (Å²) < 4.78 is 144. The van der Waals surface area contributed by atoms with E-state index in [4.69, 9.17) is 14.2 Å². The summed E-state index contributed by atoms with van der Waals surface area (Å²) in [5.41, 5.74) is -1.25. The number of halogens is 9. The Kier molecular flexibility index (Phi) is 32.8. The van der Waals surface area contributed by atoms with Crippen LogP contribution in [0.25, 0.3) is 0 Å². The Morgan fingerprint density at radius 1 is 0.348 bits per heavy atom. The van der Waals surface area contributed by atoms with E-state index in [1.54, 1.807) is 48.5 Å². The van der Waals surface area contributed by atoms with Gasteiger partial charge in [-0.15, -0.1) is 0 Å². The Hall–Kier alpha value is -4.87. The van der Waals surface area contributed by atoms with Crippen molar-refractivity contribution < 1.29 is 116 Å². The lowest BCUT2D eigenvalue weighted by Crippen LogP contribution is -2.30. The van der Waals surface area contributed by atoms with Crippen LogP contribution in [0.4, 0.5) is 39.5 Å². The van der Waals surface area contributed by atoms with Gasteiger partial charge in [0.15, 0.2) is 0 Å². The smallest absolute Gasteiger partial charge is 0.462 e. The van der Waals surface area contributed by atoms with Crippen LogP contribution < -0.4 is 0 Å². The van der Waals surface area contributed by atoms with Crippen molar-refractivity contribution in [2.24, 2.45) is 22.7 Å². The minimum absolute atomic E-state index is 0.203. The van der Waals surface area contributed by atoms with Gasteiger partial charge >= 0.3 is 71.7 Å². The van der Waals surface area contributed by atoms with Crippen LogP contribution >= 0.6 is 0 Å². The van der Waals surface area contributed by atoms with Crippen LogP contribution in [-0.2, 0) is 76.3 Å². The molecule has 0 aliphatic carbocycles. The fourth-order valence-electron chi connectivity index (χ4n) is 2.85. The van der Waals surface area contributed by atoms with Crippen LogP contribution in [0.15, 0.2) is 0 Å². The Balaban J connectivity index is -0.000000388. The second-order valence-electron chi connectivity index (χ2n) is 15.4. The summed E-state index contributed by atoms with van der Waals surface area (Å²) >= 11 is 0. The number of esters is 8. The highest BCUT2D eigenvalue weighted by molar-refractivity contribution is 5.79. The van der Waals surface area contributed by atoms with Gasteiger partial charge in [0.1, 0.15) is 52.9 Å². The van der Waals surface area contributed by atoms with Gasteiger partial charge in [-0.25, -0.2) is 19.2 Å². The lowest BCUT2D eigenvalue weighted by atomic mass is 9.91. The van der Waals surface area contributed by atoms with Gasteiger partial charge in [0, 0.05) is 20.8 Å². The van der Waals surface area contributed by atoms with Crippen LogP contribution in [0.1, 0.15) is 116 Å². The summed E-state index contributed by atoms with van der Waals surface area (Å²) in [4.78, 5) is 87.1. The van der Waals surface area contributed by atoms with Crippen LogP contribution in [-0.4, -0.2) is 125 Å². The number of alkyl halides is 9. The standard InChI is InChI=1S/2C11H18F2O4.C10H16F2O4.C9H13F3O4/c2*1-5-10(2,3)8(14)16-6-7-17-9(15)11(4,12)13;1-4-7(2)8(13)15-5-6-16-9(14)10(3,11)12;1-3-6(2)7(13)15-4-5-16-8(14)9(10,11)12/h2*5-7H2,1-4H3;7H,4-6H2,1-3H3;6H,3-5H2,1-2H3. The molecule has 0 aliphatic rings. The zero-order chi connectivity index (χ0) is 52.9. The molecule has 0 aliphatic heterocycles. The van der Waals surface area contributed by atoms with Crippen LogP contribution in [0, 0.1) is 22.7 Å². The highest BCUT2D eigenvalue weighted by Gasteiger charge is 2.41. The van der Waals surface area contributed by atoms with Gasteiger partial charge in [0.2, 0.25) is 0 Å². The van der Waals surface area contributed by atoms with E-state index in [2.05, 4.69) is 23.7 Å². The molecule has 388 valence electrons. The Morgan fingerprint density at radius 2 is 0.545 bits per heavy atom. The second kappa shape index (κ2) is 31.9. The Bertz CT molecular complexity index is 1390. The summed E-state index contributed by atoms with van der Waals surface area (Å²) in [5, 5.41) is 0. The first-order valence-corrected chi connectivity index (χ1v) is 20.4. The predicted molar refractivity (Wildman–Crippen MR) is 213 cm³/mol. The molecule has 0 N–H and O–H groups in total. The fraction of sp³-hybridized carbons (Fsp3) is 0.805. The number of hydrogen-bond donors (Lipinski definition) is 0. The third-order valence-electron chi connectivity index (χ3n) is 8.43. The number of carbonyl (C=O) groups excluding carboxylic acids is 8. The molecule has 16 nitrogen and oxygen atoms in total. The largest absolute Gasteiger partial charge is 0.490 e. The van der Waals surface area contributed by atoms with E-state index < -0.39 is 89.1 Å². The first kappa shape index (κ1) is 67.7. The average Bonchev–Trinajstić information content (AvgIpc) is 3.21. The fourth-order valence-corrected chi connectivity index (χ4v) is 2.85. The van der Waals surface area contributed by atoms with Gasteiger partial charge < -0.3 is 37.9 Å². The molecule has 2 unspecified atom stereocenters. The van der Waals surface area contributed by atoms with Crippen molar-refractivity contribution >= 4 is 47.8 Å². The second-order valence-corrected chi connectivity index (χ2v) is 15.4. The molecule has 0 bridgehead atoms. The van der Waals surface area contributed by atoms with Gasteiger partial charge in [-0.1, -0.05) is 41.5 Å². The summed E-state index contributed by atoms with van der Waals surface area (Å²) in [6.45, 7) is 16.1. The van der Waals surface area contributed by atoms with Gasteiger partial charge in [-0.3, -0.25) is 19.2 Å². The minimum Gasteiger partial charge on any atom is -0.462 e. The van der Waals surface area contributed by atoms with Crippen molar-refractivity contribution in [3.63, 3.8) is 0 Å². The topological polar surface area (TPSA) is 210 Å². The maximum absolute atomic E-state index is 12.4. The molecule has 2 atom stereocenters. The quantitative estimate of drug-likeness (QED) is 0.0414. The monoisotopic (exact) mass is 984 g/mol. The zero-order valence-corrected chi connectivity index (χ0v) is 39.6. The summed E-state index contributed by atoms with van der Waals surface area (Å²) in [7, 11) is 0. The Labute approximate surface area is 378 Å². The third kappa shape index (κ3) is 33.6. The van der Waals surface area contributed by atoms with Crippen molar-refractivity contribution in [2.45, 2.75) is 140 Å². The van der Waals surface area contributed by atoms with Gasteiger partial charge in [-0.2, -0.15) is 39.5 Å². The molecule has 0 saturated carbocycles. The Morgan fingerprint density at radius 3 is 0.727 bits per heavy atom. The average molecular weight is 985 g/mol. The van der Waals surface area contributed by atoms with Crippen molar-refractivity contribution in [3.8, 4) is 0 Å². The van der Waals surface area contributed by atoms with Crippen LogP contribution in [0.3, 0.4) is 0 Å². The number of carbonyl (C=O) groups is 8. The number of hydrogen-bond acceptors (Lipinski definition) is 16. The van der Waals surface area contributed by atoms with E-state index in [9.17, 15) is 77.9 Å². The van der Waals surface area contributed by atoms with Crippen molar-refractivity contribution in [1.29, 1.82) is 0 Å². The van der Waals surface area contributed by atoms with E-state index in [-0.39, 0.29) is 58.1 Å². The molecule has 0 amide bonds. The predicted octanol–water partition coefficient (Wildman–Crippen LogP) is 7.78.